The van der Waals surface area contributed by atoms with Crippen molar-refractivity contribution >= 4 is 11.6 Å². The molecule has 104 valence electrons. The standard InChI is InChI=1S/C17H20N2O/c1-3-16(13-7-5-4-6-8-13)19-17(20)14-10-9-12(2)11-15(14)18/h4-11,16H,3,18H2,1-2H3,(H,19,20). The third kappa shape index (κ3) is 3.18. The summed E-state index contributed by atoms with van der Waals surface area (Å²) in [5.74, 6) is -0.127. The molecule has 3 N–H and O–H groups in total. The topological polar surface area (TPSA) is 55.1 Å². The summed E-state index contributed by atoms with van der Waals surface area (Å²) < 4.78 is 0. The van der Waals surface area contributed by atoms with Crippen molar-refractivity contribution in [2.45, 2.75) is 26.3 Å². The van der Waals surface area contributed by atoms with Crippen molar-refractivity contribution in [3.05, 3.63) is 65.2 Å². The molecule has 0 bridgehead atoms. The van der Waals surface area contributed by atoms with E-state index in [1.54, 1.807) is 6.07 Å². The maximum absolute atomic E-state index is 12.3. The Kier molecular flexibility index (Phi) is 4.41. The van der Waals surface area contributed by atoms with Gasteiger partial charge in [-0.15, -0.1) is 0 Å². The highest BCUT2D eigenvalue weighted by Crippen LogP contribution is 2.19. The molecule has 3 heteroatoms. The summed E-state index contributed by atoms with van der Waals surface area (Å²) in [7, 11) is 0. The molecule has 0 aromatic heterocycles. The largest absolute Gasteiger partial charge is 0.398 e. The minimum atomic E-state index is -0.127. The molecule has 0 radical (unpaired) electrons. The van der Waals surface area contributed by atoms with E-state index in [4.69, 9.17) is 5.73 Å². The van der Waals surface area contributed by atoms with Crippen molar-refractivity contribution < 1.29 is 4.79 Å². The first-order valence-electron chi connectivity index (χ1n) is 6.83. The van der Waals surface area contributed by atoms with E-state index in [1.807, 2.05) is 49.4 Å². The third-order valence-electron chi connectivity index (χ3n) is 3.37. The molecule has 0 fully saturated rings. The van der Waals surface area contributed by atoms with E-state index in [-0.39, 0.29) is 11.9 Å². The number of hydrogen-bond donors (Lipinski definition) is 2. The Morgan fingerprint density at radius 3 is 2.50 bits per heavy atom. The fourth-order valence-electron chi connectivity index (χ4n) is 2.23. The molecule has 0 aliphatic rings. The van der Waals surface area contributed by atoms with E-state index in [2.05, 4.69) is 12.2 Å². The Morgan fingerprint density at radius 1 is 1.20 bits per heavy atom. The zero-order valence-corrected chi connectivity index (χ0v) is 11.9. The van der Waals surface area contributed by atoms with E-state index in [1.165, 1.54) is 0 Å². The number of amides is 1. The summed E-state index contributed by atoms with van der Waals surface area (Å²) in [5, 5.41) is 3.04. The first-order chi connectivity index (χ1) is 9.61. The van der Waals surface area contributed by atoms with Crippen LogP contribution in [0.4, 0.5) is 5.69 Å². The average Bonchev–Trinajstić information content (AvgIpc) is 2.45. The lowest BCUT2D eigenvalue weighted by molar-refractivity contribution is 0.0936. The van der Waals surface area contributed by atoms with Gasteiger partial charge in [-0.25, -0.2) is 0 Å². The number of nitrogens with one attached hydrogen (secondary N) is 1. The van der Waals surface area contributed by atoms with Crippen molar-refractivity contribution in [2.75, 3.05) is 5.73 Å². The Balaban J connectivity index is 2.17. The third-order valence-corrected chi connectivity index (χ3v) is 3.37. The van der Waals surface area contributed by atoms with E-state index < -0.39 is 0 Å². The number of hydrogen-bond acceptors (Lipinski definition) is 2. The number of aryl methyl sites for hydroxylation is 1. The van der Waals surface area contributed by atoms with Crippen LogP contribution in [0, 0.1) is 6.92 Å². The van der Waals surface area contributed by atoms with Crippen LogP contribution in [0.25, 0.3) is 0 Å². The van der Waals surface area contributed by atoms with Gasteiger partial charge in [0.25, 0.3) is 5.91 Å². The minimum Gasteiger partial charge on any atom is -0.398 e. The molecule has 0 saturated heterocycles. The number of nitrogens with two attached hydrogens (primary N) is 1. The van der Waals surface area contributed by atoms with Crippen LogP contribution in [-0.2, 0) is 0 Å². The molecular weight excluding hydrogens is 248 g/mol. The van der Waals surface area contributed by atoms with Crippen LogP contribution < -0.4 is 11.1 Å². The van der Waals surface area contributed by atoms with Gasteiger partial charge in [-0.3, -0.25) is 4.79 Å². The maximum Gasteiger partial charge on any atom is 0.253 e. The van der Waals surface area contributed by atoms with Crippen LogP contribution in [0.3, 0.4) is 0 Å². The molecule has 0 heterocycles. The van der Waals surface area contributed by atoms with Gasteiger partial charge in [0.2, 0.25) is 0 Å². The average molecular weight is 268 g/mol. The summed E-state index contributed by atoms with van der Waals surface area (Å²) in [5.41, 5.74) is 9.12. The van der Waals surface area contributed by atoms with Gasteiger partial charge in [0.15, 0.2) is 0 Å². The highest BCUT2D eigenvalue weighted by molar-refractivity contribution is 5.99. The number of carbonyl (C=O) groups is 1. The van der Waals surface area contributed by atoms with Crippen LogP contribution in [0.15, 0.2) is 48.5 Å². The van der Waals surface area contributed by atoms with Crippen molar-refractivity contribution in [1.82, 2.24) is 5.32 Å². The highest BCUT2D eigenvalue weighted by Gasteiger charge is 2.15. The lowest BCUT2D eigenvalue weighted by Gasteiger charge is -2.18. The van der Waals surface area contributed by atoms with Gasteiger partial charge in [-0.2, -0.15) is 0 Å². The van der Waals surface area contributed by atoms with Crippen molar-refractivity contribution in [3.8, 4) is 0 Å². The molecule has 2 rings (SSSR count). The first-order valence-corrected chi connectivity index (χ1v) is 6.83. The second-order valence-electron chi connectivity index (χ2n) is 4.94. The minimum absolute atomic E-state index is 0.00408. The fourth-order valence-corrected chi connectivity index (χ4v) is 2.23. The monoisotopic (exact) mass is 268 g/mol. The van der Waals surface area contributed by atoms with Gasteiger partial charge in [0.05, 0.1) is 11.6 Å². The van der Waals surface area contributed by atoms with Crippen LogP contribution in [0.5, 0.6) is 0 Å². The molecule has 2 aromatic rings. The first kappa shape index (κ1) is 14.1. The van der Waals surface area contributed by atoms with E-state index >= 15 is 0 Å². The highest BCUT2D eigenvalue weighted by atomic mass is 16.1. The van der Waals surface area contributed by atoms with Gasteiger partial charge in [0, 0.05) is 5.69 Å². The Labute approximate surface area is 119 Å². The quantitative estimate of drug-likeness (QED) is 0.834. The fraction of sp³-hybridized carbons (Fsp3) is 0.235. The van der Waals surface area contributed by atoms with Gasteiger partial charge in [-0.1, -0.05) is 43.3 Å². The van der Waals surface area contributed by atoms with E-state index in [0.717, 1.165) is 17.5 Å². The molecular formula is C17H20N2O. The van der Waals surface area contributed by atoms with Crippen LogP contribution >= 0.6 is 0 Å². The second-order valence-corrected chi connectivity index (χ2v) is 4.94. The molecule has 1 amide bonds. The number of carbonyl (C=O) groups excluding carboxylic acids is 1. The van der Waals surface area contributed by atoms with E-state index in [9.17, 15) is 4.79 Å². The molecule has 0 aliphatic carbocycles. The zero-order valence-electron chi connectivity index (χ0n) is 11.9. The number of nitrogen functional groups attached to an aromatic ring is 1. The lowest BCUT2D eigenvalue weighted by atomic mass is 10.0. The Morgan fingerprint density at radius 2 is 1.90 bits per heavy atom. The van der Waals surface area contributed by atoms with E-state index in [0.29, 0.717) is 11.3 Å². The lowest BCUT2D eigenvalue weighted by Crippen LogP contribution is -2.28. The van der Waals surface area contributed by atoms with Crippen LogP contribution in [0.2, 0.25) is 0 Å². The summed E-state index contributed by atoms with van der Waals surface area (Å²) in [6.07, 6.45) is 0.835. The normalized spacial score (nSPS) is 11.9. The van der Waals surface area contributed by atoms with Crippen molar-refractivity contribution in [2.24, 2.45) is 0 Å². The Hall–Kier alpha value is -2.29. The van der Waals surface area contributed by atoms with Crippen LogP contribution in [-0.4, -0.2) is 5.91 Å². The van der Waals surface area contributed by atoms with Crippen molar-refractivity contribution in [3.63, 3.8) is 0 Å². The molecule has 2 aromatic carbocycles. The van der Waals surface area contributed by atoms with Gasteiger partial charge < -0.3 is 11.1 Å². The molecule has 0 aliphatic heterocycles. The van der Waals surface area contributed by atoms with Crippen LogP contribution in [0.1, 0.15) is 40.9 Å². The summed E-state index contributed by atoms with van der Waals surface area (Å²) in [4.78, 5) is 12.3. The summed E-state index contributed by atoms with van der Waals surface area (Å²) >= 11 is 0. The smallest absolute Gasteiger partial charge is 0.253 e. The van der Waals surface area contributed by atoms with Crippen molar-refractivity contribution in [1.29, 1.82) is 0 Å². The predicted octanol–water partition coefficient (Wildman–Crippen LogP) is 3.46. The SMILES string of the molecule is CCC(NC(=O)c1ccc(C)cc1N)c1ccccc1. The van der Waals surface area contributed by atoms with Gasteiger partial charge in [-0.05, 0) is 36.6 Å². The number of benzene rings is 2. The summed E-state index contributed by atoms with van der Waals surface area (Å²) in [6.45, 7) is 4.01. The second kappa shape index (κ2) is 6.24. The molecule has 1 unspecified atom stereocenters. The number of anilines is 1. The molecule has 0 spiro atoms. The Bertz CT molecular complexity index is 593. The number of rotatable bonds is 4. The van der Waals surface area contributed by atoms with Gasteiger partial charge in [0.1, 0.15) is 0 Å². The molecule has 20 heavy (non-hydrogen) atoms. The summed E-state index contributed by atoms with van der Waals surface area (Å²) in [6, 6.07) is 15.5. The van der Waals surface area contributed by atoms with Gasteiger partial charge >= 0.3 is 0 Å². The molecule has 0 saturated carbocycles. The maximum atomic E-state index is 12.3. The molecule has 3 nitrogen and oxygen atoms in total. The zero-order chi connectivity index (χ0) is 14.5. The predicted molar refractivity (Wildman–Crippen MR) is 82.5 cm³/mol. The molecule has 1 atom stereocenters.